The third-order valence-corrected chi connectivity index (χ3v) is 5.66. The average molecular weight is 307 g/mol. The zero-order valence-corrected chi connectivity index (χ0v) is 12.6. The Hall–Kier alpha value is -2.04. The van der Waals surface area contributed by atoms with Crippen molar-refractivity contribution >= 4 is 32.7 Å². The number of nitrogen functional groups attached to an aromatic ring is 1. The van der Waals surface area contributed by atoms with Gasteiger partial charge in [-0.05, 0) is 43.2 Å². The van der Waals surface area contributed by atoms with Gasteiger partial charge in [0.1, 0.15) is 15.2 Å². The number of nitriles is 1. The lowest BCUT2D eigenvalue weighted by Crippen LogP contribution is -2.12. The molecule has 2 aromatic rings. The van der Waals surface area contributed by atoms with Gasteiger partial charge in [-0.15, -0.1) is 11.3 Å². The molecule has 0 aliphatic rings. The molecule has 0 aliphatic heterocycles. The van der Waals surface area contributed by atoms with Crippen molar-refractivity contribution in [1.29, 1.82) is 5.26 Å². The summed E-state index contributed by atoms with van der Waals surface area (Å²) in [5.41, 5.74) is 8.45. The third kappa shape index (κ3) is 2.76. The zero-order chi connectivity index (χ0) is 14.9. The number of sulfonamides is 1. The minimum atomic E-state index is -3.69. The zero-order valence-electron chi connectivity index (χ0n) is 11.0. The van der Waals surface area contributed by atoms with Crippen molar-refractivity contribution in [1.82, 2.24) is 0 Å². The van der Waals surface area contributed by atoms with Crippen LogP contribution in [0, 0.1) is 25.2 Å². The standard InChI is InChI=1S/C13H13N3O2S2/c1-8-5-9(2)12(6-11(8)15)16-20(17,18)13-4-3-10(7-14)19-13/h3-6,16H,15H2,1-2H3. The van der Waals surface area contributed by atoms with Gasteiger partial charge in [0.15, 0.2) is 0 Å². The number of nitrogens with two attached hydrogens (primary N) is 1. The largest absolute Gasteiger partial charge is 0.398 e. The van der Waals surface area contributed by atoms with E-state index in [9.17, 15) is 8.42 Å². The van der Waals surface area contributed by atoms with Crippen LogP contribution in [0.25, 0.3) is 0 Å². The highest BCUT2D eigenvalue weighted by atomic mass is 32.2. The molecule has 1 aromatic carbocycles. The second-order valence-corrected chi connectivity index (χ2v) is 7.35. The number of thiophene rings is 1. The maximum Gasteiger partial charge on any atom is 0.271 e. The van der Waals surface area contributed by atoms with Crippen molar-refractivity contribution < 1.29 is 8.42 Å². The molecule has 0 unspecified atom stereocenters. The van der Waals surface area contributed by atoms with E-state index in [1.807, 2.05) is 19.1 Å². The number of hydrogen-bond donors (Lipinski definition) is 2. The van der Waals surface area contributed by atoms with Crippen molar-refractivity contribution in [3.63, 3.8) is 0 Å². The quantitative estimate of drug-likeness (QED) is 0.852. The van der Waals surface area contributed by atoms with E-state index in [0.29, 0.717) is 16.3 Å². The summed E-state index contributed by atoms with van der Waals surface area (Å²) in [6.07, 6.45) is 0. The summed E-state index contributed by atoms with van der Waals surface area (Å²) in [6, 6.07) is 8.23. The van der Waals surface area contributed by atoms with E-state index in [2.05, 4.69) is 4.72 Å². The van der Waals surface area contributed by atoms with E-state index in [4.69, 9.17) is 11.0 Å². The number of rotatable bonds is 3. The van der Waals surface area contributed by atoms with Crippen LogP contribution in [-0.2, 0) is 10.0 Å². The predicted octanol–water partition coefficient (Wildman–Crippen LogP) is 2.62. The Labute approximate surface area is 121 Å². The van der Waals surface area contributed by atoms with Crippen molar-refractivity contribution in [3.8, 4) is 6.07 Å². The Morgan fingerprint density at radius 2 is 1.95 bits per heavy atom. The van der Waals surface area contributed by atoms with Gasteiger partial charge in [-0.25, -0.2) is 8.42 Å². The first-order valence-corrected chi connectivity index (χ1v) is 8.03. The van der Waals surface area contributed by atoms with Crippen LogP contribution >= 0.6 is 11.3 Å². The van der Waals surface area contributed by atoms with Gasteiger partial charge in [-0.1, -0.05) is 6.07 Å². The Morgan fingerprint density at radius 3 is 2.55 bits per heavy atom. The van der Waals surface area contributed by atoms with E-state index in [0.717, 1.165) is 22.5 Å². The molecule has 3 N–H and O–H groups in total. The minimum absolute atomic E-state index is 0.104. The highest BCUT2D eigenvalue weighted by molar-refractivity contribution is 7.94. The van der Waals surface area contributed by atoms with E-state index in [-0.39, 0.29) is 4.21 Å². The van der Waals surface area contributed by atoms with E-state index < -0.39 is 10.0 Å². The molecule has 0 fully saturated rings. The second kappa shape index (κ2) is 5.15. The van der Waals surface area contributed by atoms with Crippen LogP contribution in [0.5, 0.6) is 0 Å². The first-order valence-electron chi connectivity index (χ1n) is 5.73. The molecule has 0 amide bonds. The van der Waals surface area contributed by atoms with Gasteiger partial charge in [0.05, 0.1) is 5.69 Å². The van der Waals surface area contributed by atoms with Crippen molar-refractivity contribution in [2.24, 2.45) is 0 Å². The fraction of sp³-hybridized carbons (Fsp3) is 0.154. The van der Waals surface area contributed by atoms with Gasteiger partial charge in [-0.2, -0.15) is 5.26 Å². The van der Waals surface area contributed by atoms with Crippen molar-refractivity contribution in [3.05, 3.63) is 40.3 Å². The third-order valence-electron chi connectivity index (χ3n) is 2.81. The molecule has 1 heterocycles. The minimum Gasteiger partial charge on any atom is -0.398 e. The Balaban J connectivity index is 2.38. The molecule has 0 bridgehead atoms. The average Bonchev–Trinajstić information content (AvgIpc) is 2.85. The number of nitrogens with zero attached hydrogens (tertiary/aromatic N) is 1. The SMILES string of the molecule is Cc1cc(C)c(NS(=O)(=O)c2ccc(C#N)s2)cc1N. The second-order valence-electron chi connectivity index (χ2n) is 4.36. The molecule has 0 saturated carbocycles. The molecule has 7 heteroatoms. The van der Waals surface area contributed by atoms with E-state index in [1.165, 1.54) is 12.1 Å². The summed E-state index contributed by atoms with van der Waals surface area (Å²) in [6.45, 7) is 3.67. The topological polar surface area (TPSA) is 96.0 Å². The normalized spacial score (nSPS) is 11.1. The first kappa shape index (κ1) is 14.4. The Morgan fingerprint density at radius 1 is 1.25 bits per heavy atom. The maximum absolute atomic E-state index is 12.2. The molecule has 0 radical (unpaired) electrons. The molecule has 0 spiro atoms. The summed E-state index contributed by atoms with van der Waals surface area (Å²) in [4.78, 5) is 0.352. The summed E-state index contributed by atoms with van der Waals surface area (Å²) in [5, 5.41) is 8.75. The van der Waals surface area contributed by atoms with Crippen LogP contribution in [0.2, 0.25) is 0 Å². The fourth-order valence-electron chi connectivity index (χ4n) is 1.70. The molecule has 5 nitrogen and oxygen atoms in total. The highest BCUT2D eigenvalue weighted by Gasteiger charge is 2.18. The fourth-order valence-corrected chi connectivity index (χ4v) is 3.92. The highest BCUT2D eigenvalue weighted by Crippen LogP contribution is 2.27. The van der Waals surface area contributed by atoms with Crippen LogP contribution in [-0.4, -0.2) is 8.42 Å². The summed E-state index contributed by atoms with van der Waals surface area (Å²) < 4.78 is 27.1. The predicted molar refractivity (Wildman–Crippen MR) is 80.2 cm³/mol. The van der Waals surface area contributed by atoms with Gasteiger partial charge in [0.2, 0.25) is 0 Å². The molecule has 0 atom stereocenters. The monoisotopic (exact) mass is 307 g/mol. The van der Waals surface area contributed by atoms with Gasteiger partial charge in [-0.3, -0.25) is 4.72 Å². The van der Waals surface area contributed by atoms with E-state index >= 15 is 0 Å². The van der Waals surface area contributed by atoms with Gasteiger partial charge in [0.25, 0.3) is 10.0 Å². The van der Waals surface area contributed by atoms with Crippen molar-refractivity contribution in [2.45, 2.75) is 18.1 Å². The molecule has 2 rings (SSSR count). The number of anilines is 2. The number of benzene rings is 1. The molecule has 0 aliphatic carbocycles. The molecule has 104 valence electrons. The van der Waals surface area contributed by atoms with Crippen LogP contribution in [0.15, 0.2) is 28.5 Å². The molecular formula is C13H13N3O2S2. The van der Waals surface area contributed by atoms with Gasteiger partial charge >= 0.3 is 0 Å². The van der Waals surface area contributed by atoms with Gasteiger partial charge in [0, 0.05) is 5.69 Å². The summed E-state index contributed by atoms with van der Waals surface area (Å²) in [5.74, 6) is 0. The smallest absolute Gasteiger partial charge is 0.271 e. The lowest BCUT2D eigenvalue weighted by Gasteiger charge is -2.11. The lowest BCUT2D eigenvalue weighted by molar-refractivity contribution is 0.603. The Bertz CT molecular complexity index is 802. The lowest BCUT2D eigenvalue weighted by atomic mass is 10.1. The van der Waals surface area contributed by atoms with Crippen LogP contribution in [0.3, 0.4) is 0 Å². The summed E-state index contributed by atoms with van der Waals surface area (Å²) >= 11 is 0.929. The number of nitrogens with one attached hydrogen (secondary N) is 1. The van der Waals surface area contributed by atoms with Crippen LogP contribution in [0.4, 0.5) is 11.4 Å². The van der Waals surface area contributed by atoms with Crippen LogP contribution in [0.1, 0.15) is 16.0 Å². The Kier molecular flexibility index (Phi) is 3.70. The van der Waals surface area contributed by atoms with Gasteiger partial charge < -0.3 is 5.73 Å². The molecule has 0 saturated heterocycles. The molecule has 1 aromatic heterocycles. The van der Waals surface area contributed by atoms with Crippen molar-refractivity contribution in [2.75, 3.05) is 10.5 Å². The maximum atomic E-state index is 12.2. The van der Waals surface area contributed by atoms with Crippen LogP contribution < -0.4 is 10.5 Å². The summed E-state index contributed by atoms with van der Waals surface area (Å²) in [7, 11) is -3.69. The number of hydrogen-bond acceptors (Lipinski definition) is 5. The first-order chi connectivity index (χ1) is 9.33. The number of aryl methyl sites for hydroxylation is 2. The molecule has 20 heavy (non-hydrogen) atoms. The molecular weight excluding hydrogens is 294 g/mol. The van der Waals surface area contributed by atoms with E-state index in [1.54, 1.807) is 13.0 Å².